The molecule has 242 valence electrons. The second kappa shape index (κ2) is 13.9. The predicted molar refractivity (Wildman–Crippen MR) is 157 cm³/mol. The second-order valence-electron chi connectivity index (χ2n) is 9.33. The van der Waals surface area contributed by atoms with E-state index in [4.69, 9.17) is 24.8 Å². The van der Waals surface area contributed by atoms with Crippen LogP contribution in [-0.2, 0) is 9.59 Å². The minimum Gasteiger partial charge on any atom is -0.475 e. The van der Waals surface area contributed by atoms with Crippen molar-refractivity contribution >= 4 is 45.4 Å². The maximum absolute atomic E-state index is 10.6. The average molecular weight is 658 g/mol. The van der Waals surface area contributed by atoms with Crippen molar-refractivity contribution in [2.75, 3.05) is 5.32 Å². The SMILES string of the molecule is Cc1ncn(-c2ccc(Nc3ncc4cccc(-c5ccnc6ccccc56)c4n3)cc2)n1.O=C(O)C(F)(F)F.O=C(O)C(F)(F)F. The third kappa shape index (κ3) is 8.74. The molecule has 6 rings (SSSR count). The normalized spacial score (nSPS) is 11.2. The van der Waals surface area contributed by atoms with Gasteiger partial charge in [-0.15, -0.1) is 0 Å². The lowest BCUT2D eigenvalue weighted by molar-refractivity contribution is -0.193. The van der Waals surface area contributed by atoms with Gasteiger partial charge in [-0.2, -0.15) is 31.4 Å². The van der Waals surface area contributed by atoms with Gasteiger partial charge in [-0.25, -0.2) is 29.2 Å². The van der Waals surface area contributed by atoms with Crippen LogP contribution in [0.5, 0.6) is 0 Å². The number of rotatable bonds is 4. The first-order valence-corrected chi connectivity index (χ1v) is 13.1. The number of para-hydroxylation sites is 2. The van der Waals surface area contributed by atoms with Crippen LogP contribution in [0.4, 0.5) is 38.0 Å². The zero-order chi connectivity index (χ0) is 34.4. The number of nitrogens with zero attached hydrogens (tertiary/aromatic N) is 6. The van der Waals surface area contributed by atoms with Crippen molar-refractivity contribution in [3.05, 3.63) is 97.3 Å². The van der Waals surface area contributed by atoms with Crippen LogP contribution >= 0.6 is 0 Å². The van der Waals surface area contributed by atoms with Gasteiger partial charge in [0.25, 0.3) is 0 Å². The summed E-state index contributed by atoms with van der Waals surface area (Å²) in [5.41, 5.74) is 5.83. The molecule has 0 radical (unpaired) electrons. The number of carboxylic acids is 2. The monoisotopic (exact) mass is 657 g/mol. The van der Waals surface area contributed by atoms with Gasteiger partial charge >= 0.3 is 24.3 Å². The van der Waals surface area contributed by atoms with E-state index in [1.165, 1.54) is 0 Å². The molecule has 3 aromatic carbocycles. The summed E-state index contributed by atoms with van der Waals surface area (Å²) in [7, 11) is 0. The summed E-state index contributed by atoms with van der Waals surface area (Å²) in [6, 6.07) is 24.3. The zero-order valence-corrected chi connectivity index (χ0v) is 23.8. The van der Waals surface area contributed by atoms with Crippen LogP contribution in [0.2, 0.25) is 0 Å². The molecule has 0 aliphatic rings. The fourth-order valence-electron chi connectivity index (χ4n) is 3.96. The fraction of sp³-hybridized carbons (Fsp3) is 0.100. The van der Waals surface area contributed by atoms with E-state index < -0.39 is 24.3 Å². The molecule has 3 heterocycles. The number of hydrogen-bond donors (Lipinski definition) is 3. The highest BCUT2D eigenvalue weighted by molar-refractivity contribution is 6.02. The lowest BCUT2D eigenvalue weighted by atomic mass is 9.99. The Morgan fingerprint density at radius 1 is 0.766 bits per heavy atom. The minimum absolute atomic E-state index is 0.540. The van der Waals surface area contributed by atoms with Crippen LogP contribution in [-0.4, -0.2) is 64.2 Å². The van der Waals surface area contributed by atoms with Crippen LogP contribution < -0.4 is 5.32 Å². The predicted octanol–water partition coefficient (Wildman–Crippen LogP) is 6.74. The number of hydrogen-bond acceptors (Lipinski definition) is 8. The van der Waals surface area contributed by atoms with Crippen molar-refractivity contribution in [1.29, 1.82) is 0 Å². The Bertz CT molecular complexity index is 2000. The number of nitrogens with one attached hydrogen (secondary N) is 1. The van der Waals surface area contributed by atoms with Crippen molar-refractivity contribution in [2.24, 2.45) is 0 Å². The van der Waals surface area contributed by atoms with Crippen molar-refractivity contribution in [3.63, 3.8) is 0 Å². The standard InChI is InChI=1S/C26H19N7.2C2HF3O2/c1-17-29-16-33(32-17)20-11-9-19(10-12-20)30-26-28-15-18-5-4-7-23(25(18)31-26)21-13-14-27-24-8-3-2-6-22(21)24;2*3-2(4,5)1(6)7/h2-16H,1H3,(H,28,30,31);2*(H,6,7). The van der Waals surface area contributed by atoms with Crippen LogP contribution in [0.1, 0.15) is 5.82 Å². The Labute approximate surface area is 260 Å². The van der Waals surface area contributed by atoms with Gasteiger partial charge in [-0.1, -0.05) is 36.4 Å². The number of fused-ring (bicyclic) bond motifs is 2. The molecule has 0 unspecified atom stereocenters. The van der Waals surface area contributed by atoms with E-state index in [1.807, 2.05) is 80.0 Å². The van der Waals surface area contributed by atoms with Crippen LogP contribution in [0.3, 0.4) is 0 Å². The molecule has 6 aromatic rings. The van der Waals surface area contributed by atoms with Gasteiger partial charge < -0.3 is 15.5 Å². The number of benzene rings is 3. The number of aromatic nitrogens is 6. The molecule has 11 nitrogen and oxygen atoms in total. The summed E-state index contributed by atoms with van der Waals surface area (Å²) in [6.07, 6.45) is -4.77. The van der Waals surface area contributed by atoms with E-state index in [2.05, 4.69) is 37.5 Å². The lowest BCUT2D eigenvalue weighted by Crippen LogP contribution is -2.21. The number of pyridine rings is 1. The van der Waals surface area contributed by atoms with E-state index in [1.54, 1.807) is 11.0 Å². The minimum atomic E-state index is -5.08. The van der Waals surface area contributed by atoms with Gasteiger partial charge in [0.05, 0.1) is 16.7 Å². The molecular formula is C30H21F6N7O4. The molecule has 0 aliphatic carbocycles. The molecule has 0 saturated carbocycles. The first-order valence-electron chi connectivity index (χ1n) is 13.1. The van der Waals surface area contributed by atoms with Crippen LogP contribution in [0, 0.1) is 6.92 Å². The van der Waals surface area contributed by atoms with Crippen molar-refractivity contribution < 1.29 is 46.1 Å². The number of halogens is 6. The molecule has 0 atom stereocenters. The number of alkyl halides is 6. The molecule has 0 aliphatic heterocycles. The van der Waals surface area contributed by atoms with Gasteiger partial charge in [-0.3, -0.25) is 4.98 Å². The third-order valence-electron chi connectivity index (χ3n) is 6.03. The number of aryl methyl sites for hydroxylation is 1. The lowest BCUT2D eigenvalue weighted by Gasteiger charge is -2.11. The van der Waals surface area contributed by atoms with E-state index in [0.717, 1.165) is 50.1 Å². The van der Waals surface area contributed by atoms with Gasteiger partial charge in [0, 0.05) is 34.4 Å². The smallest absolute Gasteiger partial charge is 0.475 e. The Morgan fingerprint density at radius 3 is 2.00 bits per heavy atom. The summed E-state index contributed by atoms with van der Waals surface area (Å²) in [5.74, 6) is -4.24. The highest BCUT2D eigenvalue weighted by atomic mass is 19.4. The highest BCUT2D eigenvalue weighted by Gasteiger charge is 2.38. The number of anilines is 2. The maximum atomic E-state index is 10.6. The summed E-state index contributed by atoms with van der Waals surface area (Å²) in [5, 5.41) is 24.0. The van der Waals surface area contributed by atoms with Crippen molar-refractivity contribution in [3.8, 4) is 16.8 Å². The summed E-state index contributed by atoms with van der Waals surface area (Å²) in [4.78, 5) is 35.9. The van der Waals surface area contributed by atoms with E-state index in [0.29, 0.717) is 5.95 Å². The van der Waals surface area contributed by atoms with Crippen molar-refractivity contribution in [2.45, 2.75) is 19.3 Å². The molecule has 47 heavy (non-hydrogen) atoms. The first-order chi connectivity index (χ1) is 22.1. The molecule has 0 spiro atoms. The summed E-state index contributed by atoms with van der Waals surface area (Å²) < 4.78 is 65.2. The Morgan fingerprint density at radius 2 is 1.40 bits per heavy atom. The maximum Gasteiger partial charge on any atom is 0.490 e. The van der Waals surface area contributed by atoms with E-state index >= 15 is 0 Å². The van der Waals surface area contributed by atoms with Crippen LogP contribution in [0.15, 0.2) is 91.5 Å². The Kier molecular flexibility index (Phi) is 9.97. The van der Waals surface area contributed by atoms with Crippen LogP contribution in [0.25, 0.3) is 38.6 Å². The Balaban J connectivity index is 0.000000301. The molecule has 0 bridgehead atoms. The van der Waals surface area contributed by atoms with E-state index in [9.17, 15) is 26.3 Å². The largest absolute Gasteiger partial charge is 0.490 e. The molecular weight excluding hydrogens is 636 g/mol. The van der Waals surface area contributed by atoms with Gasteiger partial charge in [0.2, 0.25) is 5.95 Å². The number of aliphatic carboxylic acids is 2. The molecule has 0 fully saturated rings. The molecule has 3 N–H and O–H groups in total. The summed E-state index contributed by atoms with van der Waals surface area (Å²) >= 11 is 0. The van der Waals surface area contributed by atoms with E-state index in [-0.39, 0.29) is 0 Å². The topological polar surface area (TPSA) is 156 Å². The third-order valence-corrected chi connectivity index (χ3v) is 6.03. The quantitative estimate of drug-likeness (QED) is 0.174. The first kappa shape index (κ1) is 33.8. The zero-order valence-electron chi connectivity index (χ0n) is 23.8. The molecule has 3 aromatic heterocycles. The van der Waals surface area contributed by atoms with Gasteiger partial charge in [-0.05, 0) is 48.9 Å². The van der Waals surface area contributed by atoms with Gasteiger partial charge in [0.1, 0.15) is 12.2 Å². The number of carboxylic acid groups (broad SMARTS) is 2. The Hall–Kier alpha value is -6.13. The van der Waals surface area contributed by atoms with Crippen molar-refractivity contribution in [1.82, 2.24) is 29.7 Å². The molecule has 0 saturated heterocycles. The number of carbonyl (C=O) groups is 2. The molecule has 17 heteroatoms. The second-order valence-corrected chi connectivity index (χ2v) is 9.33. The highest BCUT2D eigenvalue weighted by Crippen LogP contribution is 2.32. The fourth-order valence-corrected chi connectivity index (χ4v) is 3.96. The summed E-state index contributed by atoms with van der Waals surface area (Å²) in [6.45, 7) is 1.87. The van der Waals surface area contributed by atoms with Gasteiger partial charge in [0.15, 0.2) is 0 Å². The average Bonchev–Trinajstić information content (AvgIpc) is 3.46. The molecule has 0 amide bonds.